The van der Waals surface area contributed by atoms with Gasteiger partial charge in [0, 0.05) is 25.9 Å². The van der Waals surface area contributed by atoms with Crippen LogP contribution < -0.4 is 38.5 Å². The van der Waals surface area contributed by atoms with E-state index in [0.29, 0.717) is 28.7 Å². The van der Waals surface area contributed by atoms with E-state index in [4.69, 9.17) is 17.2 Å². The minimum absolute atomic E-state index is 0. The number of hydrogen-bond donors (Lipinski definition) is 9. The summed E-state index contributed by atoms with van der Waals surface area (Å²) < 4.78 is 0. The fraction of sp³-hybridized carbons (Fsp3) is 0.407. The molecule has 1 heterocycles. The summed E-state index contributed by atoms with van der Waals surface area (Å²) >= 11 is 0. The van der Waals surface area contributed by atoms with E-state index in [0.717, 1.165) is 0 Å². The molecule has 0 spiro atoms. The monoisotopic (exact) mass is 663 g/mol. The van der Waals surface area contributed by atoms with E-state index in [2.05, 4.69) is 21.3 Å². The van der Waals surface area contributed by atoms with E-state index in [1.165, 1.54) is 12.1 Å². The second-order valence-corrected chi connectivity index (χ2v) is 9.60. The highest BCUT2D eigenvalue weighted by Gasteiger charge is 2.29. The molecular formula is C27H40Cl3N7O6. The van der Waals surface area contributed by atoms with Gasteiger partial charge in [-0.15, -0.1) is 37.2 Å². The SMILES string of the molecule is Cl.Cl.Cl.NCCC[C@@H]1NC(=O)[C@@H](N)Cc2cc(ccc2O)-c2ccc(O)c(c2)C[C@@H](C(=O)NCCNC(=O)CN)NC1=O. The van der Waals surface area contributed by atoms with Crippen molar-refractivity contribution >= 4 is 60.8 Å². The van der Waals surface area contributed by atoms with Crippen molar-refractivity contribution in [2.24, 2.45) is 17.2 Å². The van der Waals surface area contributed by atoms with Crippen LogP contribution in [0.25, 0.3) is 11.1 Å². The highest BCUT2D eigenvalue weighted by molar-refractivity contribution is 5.93. The van der Waals surface area contributed by atoms with Crippen LogP contribution in [0.3, 0.4) is 0 Å². The lowest BCUT2D eigenvalue weighted by molar-refractivity contribution is -0.132. The highest BCUT2D eigenvalue weighted by atomic mass is 35.5. The zero-order valence-electron chi connectivity index (χ0n) is 23.3. The topological polar surface area (TPSA) is 235 Å². The lowest BCUT2D eigenvalue weighted by atomic mass is 9.95. The molecule has 3 atom stereocenters. The average Bonchev–Trinajstić information content (AvgIpc) is 2.94. The summed E-state index contributed by atoms with van der Waals surface area (Å²) in [4.78, 5) is 50.9. The van der Waals surface area contributed by atoms with Crippen molar-refractivity contribution in [1.29, 1.82) is 0 Å². The van der Waals surface area contributed by atoms with Gasteiger partial charge in [0.25, 0.3) is 0 Å². The lowest BCUT2D eigenvalue weighted by Crippen LogP contribution is -2.56. The van der Waals surface area contributed by atoms with Crippen LogP contribution in [0.5, 0.6) is 11.5 Å². The summed E-state index contributed by atoms with van der Waals surface area (Å²) in [5.41, 5.74) is 19.2. The quantitative estimate of drug-likeness (QED) is 0.163. The number of phenols is 2. The Morgan fingerprint density at radius 2 is 1.40 bits per heavy atom. The first-order chi connectivity index (χ1) is 19.1. The molecule has 16 heteroatoms. The first-order valence-electron chi connectivity index (χ1n) is 13.1. The highest BCUT2D eigenvalue weighted by Crippen LogP contribution is 2.30. The number of nitrogens with one attached hydrogen (secondary N) is 4. The van der Waals surface area contributed by atoms with Gasteiger partial charge in [-0.2, -0.15) is 0 Å². The zero-order valence-corrected chi connectivity index (χ0v) is 25.8. The summed E-state index contributed by atoms with van der Waals surface area (Å²) in [6.07, 6.45) is 0.542. The van der Waals surface area contributed by atoms with Crippen LogP contribution >= 0.6 is 37.2 Å². The number of fused-ring (bicyclic) bond motifs is 5. The largest absolute Gasteiger partial charge is 0.508 e. The number of halogens is 3. The van der Waals surface area contributed by atoms with Gasteiger partial charge < -0.3 is 48.7 Å². The number of benzene rings is 2. The number of phenolic OH excluding ortho intramolecular Hbond substituents is 2. The predicted molar refractivity (Wildman–Crippen MR) is 170 cm³/mol. The van der Waals surface area contributed by atoms with Crippen LogP contribution in [0.2, 0.25) is 0 Å². The summed E-state index contributed by atoms with van der Waals surface area (Å²) in [6, 6.07) is 6.49. The second kappa shape index (κ2) is 19.1. The molecule has 13 nitrogen and oxygen atoms in total. The van der Waals surface area contributed by atoms with E-state index in [9.17, 15) is 29.4 Å². The Morgan fingerprint density at radius 3 is 1.95 bits per heavy atom. The van der Waals surface area contributed by atoms with Crippen molar-refractivity contribution in [3.63, 3.8) is 0 Å². The Morgan fingerprint density at radius 1 is 0.837 bits per heavy atom. The van der Waals surface area contributed by atoms with Gasteiger partial charge in [-0.05, 0) is 65.9 Å². The third-order valence-electron chi connectivity index (χ3n) is 6.59. The van der Waals surface area contributed by atoms with E-state index >= 15 is 0 Å². The molecule has 0 saturated carbocycles. The summed E-state index contributed by atoms with van der Waals surface area (Å²) in [5, 5.41) is 31.6. The van der Waals surface area contributed by atoms with E-state index < -0.39 is 35.8 Å². The minimum atomic E-state index is -1.13. The van der Waals surface area contributed by atoms with E-state index in [-0.39, 0.29) is 100 Å². The fourth-order valence-corrected chi connectivity index (χ4v) is 4.34. The van der Waals surface area contributed by atoms with Crippen LogP contribution in [0.15, 0.2) is 36.4 Å². The molecule has 12 N–H and O–H groups in total. The van der Waals surface area contributed by atoms with Crippen LogP contribution in [0.4, 0.5) is 0 Å². The van der Waals surface area contributed by atoms with Crippen LogP contribution in [0, 0.1) is 0 Å². The van der Waals surface area contributed by atoms with Gasteiger partial charge in [-0.1, -0.05) is 12.1 Å². The molecular weight excluding hydrogens is 625 g/mol. The van der Waals surface area contributed by atoms with Gasteiger partial charge in [0.05, 0.1) is 12.6 Å². The predicted octanol–water partition coefficient (Wildman–Crippen LogP) is -0.644. The molecule has 2 aromatic rings. The number of nitrogens with two attached hydrogens (primary N) is 3. The number of rotatable bonds is 8. The van der Waals surface area contributed by atoms with E-state index in [1.807, 2.05) is 0 Å². The fourth-order valence-electron chi connectivity index (χ4n) is 4.34. The molecule has 0 radical (unpaired) electrons. The third-order valence-corrected chi connectivity index (χ3v) is 6.59. The molecule has 0 aromatic heterocycles. The molecule has 1 aliphatic rings. The minimum Gasteiger partial charge on any atom is -0.508 e. The Labute approximate surface area is 268 Å². The molecule has 0 unspecified atom stereocenters. The second-order valence-electron chi connectivity index (χ2n) is 9.60. The van der Waals surface area contributed by atoms with Gasteiger partial charge in [-0.3, -0.25) is 19.2 Å². The molecule has 2 aromatic carbocycles. The molecule has 0 saturated heterocycles. The number of aromatic hydroxyl groups is 2. The Balaban J connectivity index is 0.00000588. The third kappa shape index (κ3) is 11.4. The smallest absolute Gasteiger partial charge is 0.243 e. The van der Waals surface area contributed by atoms with Crippen molar-refractivity contribution in [3.8, 4) is 22.6 Å². The standard InChI is InChI=1S/C27H37N7O6.3ClH/c28-7-1-2-20-27(40)34-21(26(39)32-9-8-31-24(37)14-29)13-18-11-16(4-6-23(18)36)15-3-5-22(35)17(10-15)12-19(30)25(38)33-20;;;/h3-6,10-11,19-21,35-36H,1-2,7-9,12-14,28-30H2,(H,31,37)(H,32,39)(H,33,38)(H,34,40);3*1H/t19-,20-,21-;;;/m0.../s1. The number of carbonyl (C=O) groups is 4. The molecule has 4 amide bonds. The Kier molecular flexibility index (Phi) is 17.6. The van der Waals surface area contributed by atoms with Crippen LogP contribution in [-0.4, -0.2) is 78.1 Å². The lowest BCUT2D eigenvalue weighted by Gasteiger charge is -2.24. The number of carbonyl (C=O) groups excluding carboxylic acids is 4. The number of amides is 4. The van der Waals surface area contributed by atoms with Crippen molar-refractivity contribution in [2.45, 2.75) is 43.8 Å². The van der Waals surface area contributed by atoms with Crippen molar-refractivity contribution in [1.82, 2.24) is 21.3 Å². The van der Waals surface area contributed by atoms with Crippen molar-refractivity contribution in [3.05, 3.63) is 47.5 Å². The van der Waals surface area contributed by atoms with Gasteiger partial charge in [0.1, 0.15) is 23.6 Å². The van der Waals surface area contributed by atoms with Gasteiger partial charge in [-0.25, -0.2) is 0 Å². The van der Waals surface area contributed by atoms with Crippen LogP contribution in [0.1, 0.15) is 24.0 Å². The normalized spacial score (nSPS) is 18.1. The van der Waals surface area contributed by atoms with Gasteiger partial charge in [0.15, 0.2) is 0 Å². The first-order valence-corrected chi connectivity index (χ1v) is 13.1. The summed E-state index contributed by atoms with van der Waals surface area (Å²) in [5.74, 6) is -2.29. The number of hydrogen-bond acceptors (Lipinski definition) is 9. The maximum absolute atomic E-state index is 13.3. The van der Waals surface area contributed by atoms with Gasteiger partial charge in [0.2, 0.25) is 23.6 Å². The van der Waals surface area contributed by atoms with Gasteiger partial charge >= 0.3 is 0 Å². The molecule has 43 heavy (non-hydrogen) atoms. The zero-order chi connectivity index (χ0) is 29.2. The van der Waals surface area contributed by atoms with Crippen molar-refractivity contribution < 1.29 is 29.4 Å². The molecule has 240 valence electrons. The molecule has 3 rings (SSSR count). The Bertz CT molecular complexity index is 1250. The molecule has 4 bridgehead atoms. The first kappa shape index (κ1) is 39.7. The maximum Gasteiger partial charge on any atom is 0.243 e. The maximum atomic E-state index is 13.3. The average molecular weight is 665 g/mol. The van der Waals surface area contributed by atoms with Crippen molar-refractivity contribution in [2.75, 3.05) is 26.2 Å². The summed E-state index contributed by atoms with van der Waals surface area (Å²) in [6.45, 7) is 0.274. The Hall–Kier alpha value is -3.33. The molecule has 0 aliphatic carbocycles. The summed E-state index contributed by atoms with van der Waals surface area (Å²) in [7, 11) is 0. The molecule has 1 aliphatic heterocycles. The van der Waals surface area contributed by atoms with E-state index in [1.54, 1.807) is 24.3 Å². The van der Waals surface area contributed by atoms with Crippen LogP contribution in [-0.2, 0) is 32.0 Å². The molecule has 0 fully saturated rings.